The number of benzene rings is 4. The normalized spacial score (nSPS) is 13.2. The predicted molar refractivity (Wildman–Crippen MR) is 311 cm³/mol. The number of ether oxygens (including phenoxy) is 2. The molecular weight excluding hydrogens is 955 g/mol. The van der Waals surface area contributed by atoms with E-state index in [4.69, 9.17) is 29.0 Å². The van der Waals surface area contributed by atoms with E-state index in [0.717, 1.165) is 65.1 Å². The van der Waals surface area contributed by atoms with Crippen molar-refractivity contribution in [1.82, 2.24) is 34.3 Å². The molecule has 0 bridgehead atoms. The van der Waals surface area contributed by atoms with Crippen LogP contribution in [0.25, 0.3) is 27.7 Å². The fourth-order valence-corrected chi connectivity index (χ4v) is 8.53. The Morgan fingerprint density at radius 3 is 1.76 bits per heavy atom. The first-order valence-electron chi connectivity index (χ1n) is 28.0. The summed E-state index contributed by atoms with van der Waals surface area (Å²) >= 11 is 0. The number of rotatable bonds is 20. The van der Waals surface area contributed by atoms with Gasteiger partial charge in [0.05, 0.1) is 65.2 Å². The number of methoxy groups -OCH3 is 2. The Morgan fingerprint density at radius 1 is 0.697 bits per heavy atom. The maximum absolute atomic E-state index is 12.6. The van der Waals surface area contributed by atoms with E-state index in [2.05, 4.69) is 54.3 Å². The highest BCUT2D eigenvalue weighted by Gasteiger charge is 2.23. The molecule has 7 aromatic rings. The Balaban J connectivity index is 0.000000242. The molecule has 1 aliphatic carbocycles. The minimum atomic E-state index is -2.25. The van der Waals surface area contributed by atoms with E-state index in [1.54, 1.807) is 62.2 Å². The van der Waals surface area contributed by atoms with Gasteiger partial charge in [-0.25, -0.2) is 19.9 Å². The molecule has 396 valence electrons. The molecule has 3 heterocycles. The second kappa shape index (κ2) is 24.7. The molecule has 0 unspecified atom stereocenters. The summed E-state index contributed by atoms with van der Waals surface area (Å²) in [5, 5.41) is 12.9. The quantitative estimate of drug-likeness (QED) is 0.0532. The van der Waals surface area contributed by atoms with E-state index in [1.807, 2.05) is 112 Å². The zero-order chi connectivity index (χ0) is 60.3. The molecule has 17 heteroatoms. The lowest BCUT2D eigenvalue weighted by Crippen LogP contribution is -2.29. The molecule has 4 aromatic carbocycles. The third-order valence-corrected chi connectivity index (χ3v) is 12.5. The lowest BCUT2D eigenvalue weighted by molar-refractivity contribution is -0.112. The van der Waals surface area contributed by atoms with E-state index in [1.165, 1.54) is 18.2 Å². The van der Waals surface area contributed by atoms with Gasteiger partial charge in [0.1, 0.15) is 11.5 Å². The zero-order valence-corrected chi connectivity index (χ0v) is 44.7. The number of carbonyl (C=O) groups is 2. The van der Waals surface area contributed by atoms with E-state index < -0.39 is 37.3 Å². The van der Waals surface area contributed by atoms with Crippen LogP contribution in [-0.4, -0.2) is 129 Å². The summed E-state index contributed by atoms with van der Waals surface area (Å²) in [6.07, 6.45) is 9.97. The predicted octanol–water partition coefficient (Wildman–Crippen LogP) is 10.1. The number of nitrogens with zero attached hydrogens (tertiary/aromatic N) is 9. The molecule has 0 radical (unpaired) electrons. The molecule has 8 rings (SSSR count). The van der Waals surface area contributed by atoms with Crippen LogP contribution in [-0.2, 0) is 21.5 Å². The van der Waals surface area contributed by atoms with Crippen LogP contribution in [0.2, 0.25) is 0 Å². The highest BCUT2D eigenvalue weighted by atomic mass is 16.5. The van der Waals surface area contributed by atoms with Gasteiger partial charge in [0.2, 0.25) is 23.7 Å². The van der Waals surface area contributed by atoms with E-state index in [0.29, 0.717) is 64.7 Å². The van der Waals surface area contributed by atoms with Gasteiger partial charge in [-0.2, -0.15) is 0 Å². The highest BCUT2D eigenvalue weighted by Crippen LogP contribution is 2.41. The van der Waals surface area contributed by atoms with Gasteiger partial charge in [0, 0.05) is 103 Å². The summed E-state index contributed by atoms with van der Waals surface area (Å²) in [7, 11) is 14.9. The summed E-state index contributed by atoms with van der Waals surface area (Å²) in [5.74, 6) is 0.490. The zero-order valence-electron chi connectivity index (χ0n) is 51.7. The molecule has 76 heavy (non-hydrogen) atoms. The van der Waals surface area contributed by atoms with Crippen LogP contribution < -0.4 is 40.5 Å². The van der Waals surface area contributed by atoms with Crippen molar-refractivity contribution in [3.63, 3.8) is 0 Å². The van der Waals surface area contributed by atoms with Gasteiger partial charge >= 0.3 is 0 Å². The van der Waals surface area contributed by atoms with Crippen LogP contribution >= 0.6 is 0 Å². The molecule has 0 fully saturated rings. The lowest BCUT2D eigenvalue weighted by Gasteiger charge is -2.26. The molecule has 4 N–H and O–H groups in total. The third-order valence-electron chi connectivity index (χ3n) is 12.5. The SMILES string of the molecule is [2H]C([2H])=CC(=O)Nc1cc(Nc2nccc(-c3cn(C(C)(C)C([2H])([2H])[2H])c4ccccc34)n2)c(OC)cc1N(C)CCN(C)C.[2H]C([2H])=CC(=O)Nc1cc(Nc2nccc(C3=CCc4ccccc43)n2)c(OC)cc1N(C)CCN(C)C. The minimum absolute atomic E-state index is 0.253. The lowest BCUT2D eigenvalue weighted by atomic mass is 10.0. The molecule has 2 amide bonds. The Kier molecular flexibility index (Phi) is 14.9. The second-order valence-electron chi connectivity index (χ2n) is 19.1. The van der Waals surface area contributed by atoms with Crippen molar-refractivity contribution in [2.45, 2.75) is 32.7 Å². The fourth-order valence-electron chi connectivity index (χ4n) is 8.53. The summed E-state index contributed by atoms with van der Waals surface area (Å²) in [4.78, 5) is 51.4. The number of anilines is 8. The van der Waals surface area contributed by atoms with Crippen LogP contribution in [0.4, 0.5) is 46.0 Å². The van der Waals surface area contributed by atoms with Gasteiger partial charge in [-0.05, 0) is 109 Å². The van der Waals surface area contributed by atoms with E-state index in [-0.39, 0.29) is 5.95 Å². The van der Waals surface area contributed by atoms with Crippen molar-refractivity contribution < 1.29 is 28.7 Å². The Bertz CT molecular complexity index is 3560. The first kappa shape index (κ1) is 46.0. The van der Waals surface area contributed by atoms with Crippen molar-refractivity contribution >= 4 is 74.3 Å². The third kappa shape index (κ3) is 13.4. The van der Waals surface area contributed by atoms with Crippen molar-refractivity contribution in [2.24, 2.45) is 0 Å². The molecule has 0 saturated carbocycles. The topological polar surface area (TPSA) is 170 Å². The first-order valence-corrected chi connectivity index (χ1v) is 24.5. The number of aromatic nitrogens is 5. The van der Waals surface area contributed by atoms with Crippen LogP contribution in [0.15, 0.2) is 135 Å². The van der Waals surface area contributed by atoms with Crippen molar-refractivity contribution in [1.29, 1.82) is 0 Å². The molecule has 3 aromatic heterocycles. The minimum Gasteiger partial charge on any atom is -0.494 e. The smallest absolute Gasteiger partial charge is 0.247 e. The first-order chi connectivity index (χ1) is 39.4. The van der Waals surface area contributed by atoms with Crippen LogP contribution in [0.1, 0.15) is 47.1 Å². The largest absolute Gasteiger partial charge is 0.494 e. The average molecular weight is 1030 g/mol. The van der Waals surface area contributed by atoms with E-state index in [9.17, 15) is 9.59 Å². The second-order valence-corrected chi connectivity index (χ2v) is 19.1. The summed E-state index contributed by atoms with van der Waals surface area (Å²) in [6, 6.07) is 26.6. The Morgan fingerprint density at radius 2 is 1.22 bits per heavy atom. The monoisotopic (exact) mass is 1030 g/mol. The van der Waals surface area contributed by atoms with Gasteiger partial charge in [-0.15, -0.1) is 0 Å². The van der Waals surface area contributed by atoms with Crippen LogP contribution in [0, 0.1) is 0 Å². The van der Waals surface area contributed by atoms with Crippen LogP contribution in [0.3, 0.4) is 0 Å². The number of likely N-dealkylation sites (N-methyl/N-ethyl adjacent to an activating group) is 4. The fraction of sp³-hybridized carbons (Fsp3) is 0.288. The summed E-state index contributed by atoms with van der Waals surface area (Å²) in [5.41, 5.74) is 8.62. The molecule has 0 aliphatic heterocycles. The molecule has 0 saturated heterocycles. The van der Waals surface area contributed by atoms with Gasteiger partial charge in [-0.1, -0.05) is 61.6 Å². The number of carbonyl (C=O) groups excluding carboxylic acids is 2. The number of fused-ring (bicyclic) bond motifs is 2. The molecule has 1 aliphatic rings. The van der Waals surface area contributed by atoms with Crippen molar-refractivity contribution in [3.05, 3.63) is 152 Å². The molecule has 17 nitrogen and oxygen atoms in total. The molecule has 0 atom stereocenters. The van der Waals surface area contributed by atoms with Gasteiger partial charge < -0.3 is 54.9 Å². The van der Waals surface area contributed by atoms with Crippen molar-refractivity contribution in [2.75, 3.05) is 114 Å². The number of amides is 2. The number of hydrogen-bond acceptors (Lipinski definition) is 14. The molecule has 0 spiro atoms. The van der Waals surface area contributed by atoms with Gasteiger partial charge in [-0.3, -0.25) is 9.59 Å². The average Bonchev–Trinajstić information content (AvgIpc) is 2.57. The summed E-state index contributed by atoms with van der Waals surface area (Å²) in [6.45, 7) is 2.86. The van der Waals surface area contributed by atoms with Gasteiger partial charge in [0.15, 0.2) is 0 Å². The maximum atomic E-state index is 12.6. The standard InChI is InChI=1S/C31H39N7O2.C28H32N6O2/c1-9-29(39)33-24-18-25(28(40-8)19-27(24)37(7)17-16-36(5)6)35-30-32-15-14-23(34-30)22-20-38(31(2,3)4)26-13-11-10-12-21(22)26;1-6-27(35)30-23-17-24(26(36-5)18-25(23)34(4)16-15-33(2)3)32-28-29-14-13-22(31-28)21-12-11-19-9-7-8-10-20(19)21/h9-15,18-20H,1,16-17H2,2-8H3,(H,33,39)(H,32,34,35);6-10,12-14,17-18H,1,11,15-16H2,2-5H3,(H,30,35)(H,29,31,32)/i1D2,2D3;1D2. The number of hydrogen-bond donors (Lipinski definition) is 4. The summed E-state index contributed by atoms with van der Waals surface area (Å²) < 4.78 is 67.0. The number of nitrogens with one attached hydrogen (secondary N) is 4. The van der Waals surface area contributed by atoms with Crippen LogP contribution in [0.5, 0.6) is 11.5 Å². The number of allylic oxidation sites excluding steroid dienone is 1. The molecular formula is C59H71N13O4. The highest BCUT2D eigenvalue weighted by molar-refractivity contribution is 6.03. The maximum Gasteiger partial charge on any atom is 0.247 e. The Hall–Kier alpha value is -8.54. The van der Waals surface area contributed by atoms with Crippen molar-refractivity contribution in [3.8, 4) is 22.8 Å². The van der Waals surface area contributed by atoms with Gasteiger partial charge in [0.25, 0.3) is 0 Å². The van der Waals surface area contributed by atoms with E-state index >= 15 is 0 Å². The number of para-hydroxylation sites is 1. The Labute approximate surface area is 456 Å².